The van der Waals surface area contributed by atoms with Crippen molar-refractivity contribution in [3.63, 3.8) is 0 Å². The van der Waals surface area contributed by atoms with Gasteiger partial charge in [0.05, 0.1) is 11.6 Å². The molecule has 184 valence electrons. The minimum Gasteiger partial charge on any atom is -0.357 e. The van der Waals surface area contributed by atoms with E-state index in [-0.39, 0.29) is 17.7 Å². The number of piperidine rings is 1. The Balaban J connectivity index is 1.40. The smallest absolute Gasteiger partial charge is 0.254 e. The maximum absolute atomic E-state index is 14.4. The number of carbonyl (C=O) groups excluding carboxylic acids is 2. The first-order valence-corrected chi connectivity index (χ1v) is 12.4. The summed E-state index contributed by atoms with van der Waals surface area (Å²) in [4.78, 5) is 37.8. The van der Waals surface area contributed by atoms with Crippen molar-refractivity contribution < 1.29 is 9.59 Å². The molecular formula is C29H26N6O2. The summed E-state index contributed by atoms with van der Waals surface area (Å²) >= 11 is 0. The summed E-state index contributed by atoms with van der Waals surface area (Å²) in [6.45, 7) is 1.75. The van der Waals surface area contributed by atoms with Crippen LogP contribution in [0.15, 0.2) is 85.2 Å². The first kappa shape index (κ1) is 23.1. The van der Waals surface area contributed by atoms with Crippen LogP contribution in [-0.4, -0.2) is 51.2 Å². The highest BCUT2D eigenvalue weighted by Crippen LogP contribution is 2.49. The molecule has 1 unspecified atom stereocenters. The third-order valence-corrected chi connectivity index (χ3v) is 7.68. The molecule has 0 radical (unpaired) electrons. The van der Waals surface area contributed by atoms with E-state index in [4.69, 9.17) is 5.26 Å². The molecule has 6 rings (SSSR count). The number of nitrogens with one attached hydrogen (secondary N) is 2. The van der Waals surface area contributed by atoms with Crippen molar-refractivity contribution >= 4 is 11.7 Å². The SMILES string of the molecule is N#Cc1ccc(C(=O)/C=C2\NC(Cc3ccncc3)(Cc3ccncc3)C(=O)N2C2[C@H]3CNC[C@@H]23)cc1. The quantitative estimate of drug-likeness (QED) is 0.386. The van der Waals surface area contributed by atoms with Crippen molar-refractivity contribution in [2.75, 3.05) is 13.1 Å². The van der Waals surface area contributed by atoms with Gasteiger partial charge in [-0.1, -0.05) is 0 Å². The number of carbonyl (C=O) groups is 2. The third kappa shape index (κ3) is 4.28. The Hall–Kier alpha value is -4.35. The van der Waals surface area contributed by atoms with Crippen molar-refractivity contribution in [2.24, 2.45) is 11.8 Å². The molecule has 3 aromatic rings. The predicted octanol–water partition coefficient (Wildman–Crippen LogP) is 2.25. The number of hydrogen-bond donors (Lipinski definition) is 2. The van der Waals surface area contributed by atoms with Crippen LogP contribution in [0.25, 0.3) is 0 Å². The number of aromatic nitrogens is 2. The standard InChI is InChI=1S/C29H26N6O2/c30-16-21-1-3-22(4-2-21)25(36)13-26-34-29(14-19-5-9-31-10-6-19,15-20-7-11-32-12-8-20)28(37)35(26)27-23-17-33-18-24(23)27/h1-13,23-24,27,33-34H,14-15,17-18H2/b26-13+/t23-,24+,27?. The van der Waals surface area contributed by atoms with Gasteiger partial charge in [-0.05, 0) is 71.5 Å². The summed E-state index contributed by atoms with van der Waals surface area (Å²) in [7, 11) is 0. The first-order valence-electron chi connectivity index (χ1n) is 12.4. The number of ketones is 1. The van der Waals surface area contributed by atoms with Gasteiger partial charge in [0.2, 0.25) is 0 Å². The zero-order valence-electron chi connectivity index (χ0n) is 20.2. The van der Waals surface area contributed by atoms with Gasteiger partial charge in [0.1, 0.15) is 11.4 Å². The largest absolute Gasteiger partial charge is 0.357 e. The number of pyridine rings is 2. The van der Waals surface area contributed by atoms with Crippen molar-refractivity contribution in [3.05, 3.63) is 107 Å². The second kappa shape index (κ2) is 9.26. The fourth-order valence-electron chi connectivity index (χ4n) is 5.79. The third-order valence-electron chi connectivity index (χ3n) is 7.68. The number of benzene rings is 1. The summed E-state index contributed by atoms with van der Waals surface area (Å²) < 4.78 is 0. The van der Waals surface area contributed by atoms with E-state index in [0.717, 1.165) is 24.2 Å². The zero-order valence-corrected chi connectivity index (χ0v) is 20.2. The van der Waals surface area contributed by atoms with Crippen LogP contribution in [0.2, 0.25) is 0 Å². The van der Waals surface area contributed by atoms with Crippen LogP contribution < -0.4 is 10.6 Å². The molecule has 0 bridgehead atoms. The molecule has 8 heteroatoms. The lowest BCUT2D eigenvalue weighted by molar-refractivity contribution is -0.132. The van der Waals surface area contributed by atoms with Crippen LogP contribution in [0, 0.1) is 23.2 Å². The number of nitriles is 1. The molecule has 3 aliphatic rings. The fourth-order valence-corrected chi connectivity index (χ4v) is 5.79. The molecule has 0 spiro atoms. The lowest BCUT2D eigenvalue weighted by Gasteiger charge is -2.28. The van der Waals surface area contributed by atoms with E-state index >= 15 is 0 Å². The van der Waals surface area contributed by atoms with Gasteiger partial charge in [0.25, 0.3) is 5.91 Å². The van der Waals surface area contributed by atoms with Crippen molar-refractivity contribution in [3.8, 4) is 6.07 Å². The maximum atomic E-state index is 14.4. The molecule has 1 aliphatic carbocycles. The summed E-state index contributed by atoms with van der Waals surface area (Å²) in [6.07, 6.45) is 9.38. The number of allylic oxidation sites excluding steroid dienone is 1. The Bertz CT molecular complexity index is 1350. The van der Waals surface area contributed by atoms with E-state index in [0.29, 0.717) is 41.6 Å². The molecule has 1 aromatic carbocycles. The monoisotopic (exact) mass is 490 g/mol. The first-order chi connectivity index (χ1) is 18.1. The van der Waals surface area contributed by atoms with Crippen LogP contribution in [0.4, 0.5) is 0 Å². The number of amides is 1. The van der Waals surface area contributed by atoms with E-state index in [2.05, 4.69) is 26.7 Å². The summed E-state index contributed by atoms with van der Waals surface area (Å²) in [5.41, 5.74) is 1.99. The molecule has 2 saturated heterocycles. The summed E-state index contributed by atoms with van der Waals surface area (Å²) in [5.74, 6) is 1.09. The van der Waals surface area contributed by atoms with E-state index < -0.39 is 5.54 Å². The molecule has 3 fully saturated rings. The zero-order chi connectivity index (χ0) is 25.4. The minimum atomic E-state index is -0.955. The van der Waals surface area contributed by atoms with Crippen LogP contribution in [0.5, 0.6) is 0 Å². The molecule has 2 aliphatic heterocycles. The second-order valence-electron chi connectivity index (χ2n) is 10.0. The molecule has 37 heavy (non-hydrogen) atoms. The van der Waals surface area contributed by atoms with Gasteiger partial charge < -0.3 is 10.6 Å². The number of nitrogens with zero attached hydrogens (tertiary/aromatic N) is 4. The van der Waals surface area contributed by atoms with Gasteiger partial charge in [-0.25, -0.2) is 0 Å². The Morgan fingerprint density at radius 1 is 0.973 bits per heavy atom. The maximum Gasteiger partial charge on any atom is 0.254 e. The summed E-state index contributed by atoms with van der Waals surface area (Å²) in [6, 6.07) is 16.4. The van der Waals surface area contributed by atoms with Gasteiger partial charge in [0.15, 0.2) is 5.78 Å². The Labute approximate surface area is 215 Å². The molecular weight excluding hydrogens is 464 g/mol. The van der Waals surface area contributed by atoms with Crippen LogP contribution in [-0.2, 0) is 17.6 Å². The van der Waals surface area contributed by atoms with Crippen LogP contribution in [0.1, 0.15) is 27.0 Å². The minimum absolute atomic E-state index is 0.0144. The van der Waals surface area contributed by atoms with E-state index in [1.54, 1.807) is 55.1 Å². The normalized spacial score (nSPS) is 24.4. The molecule has 1 amide bonds. The van der Waals surface area contributed by atoms with Gasteiger partial charge in [0, 0.05) is 68.4 Å². The highest BCUT2D eigenvalue weighted by molar-refractivity contribution is 6.06. The van der Waals surface area contributed by atoms with E-state index in [1.165, 1.54) is 0 Å². The van der Waals surface area contributed by atoms with E-state index in [1.807, 2.05) is 29.2 Å². The molecule has 1 saturated carbocycles. The molecule has 2 N–H and O–H groups in total. The van der Waals surface area contributed by atoms with Gasteiger partial charge >= 0.3 is 0 Å². The number of fused-ring (bicyclic) bond motifs is 1. The number of hydrogen-bond acceptors (Lipinski definition) is 7. The Kier molecular flexibility index (Phi) is 5.78. The lowest BCUT2D eigenvalue weighted by Crippen LogP contribution is -2.51. The average Bonchev–Trinajstić information content (AvgIpc) is 3.25. The molecule has 8 nitrogen and oxygen atoms in total. The predicted molar refractivity (Wildman–Crippen MR) is 136 cm³/mol. The van der Waals surface area contributed by atoms with Crippen LogP contribution in [0.3, 0.4) is 0 Å². The van der Waals surface area contributed by atoms with E-state index in [9.17, 15) is 9.59 Å². The Morgan fingerprint density at radius 3 is 2.08 bits per heavy atom. The van der Waals surface area contributed by atoms with Crippen molar-refractivity contribution in [1.29, 1.82) is 5.26 Å². The van der Waals surface area contributed by atoms with Crippen molar-refractivity contribution in [1.82, 2.24) is 25.5 Å². The summed E-state index contributed by atoms with van der Waals surface area (Å²) in [5, 5.41) is 16.0. The Morgan fingerprint density at radius 2 is 1.54 bits per heavy atom. The average molecular weight is 491 g/mol. The van der Waals surface area contributed by atoms with Gasteiger partial charge in [-0.15, -0.1) is 0 Å². The molecule has 4 heterocycles. The fraction of sp³-hybridized carbons (Fsp3) is 0.276. The van der Waals surface area contributed by atoms with Crippen molar-refractivity contribution in [2.45, 2.75) is 24.4 Å². The highest BCUT2D eigenvalue weighted by Gasteiger charge is 2.62. The molecule has 3 atom stereocenters. The molecule has 2 aromatic heterocycles. The number of rotatable bonds is 7. The van der Waals surface area contributed by atoms with Crippen LogP contribution >= 0.6 is 0 Å². The van der Waals surface area contributed by atoms with Gasteiger partial charge in [-0.2, -0.15) is 5.26 Å². The van der Waals surface area contributed by atoms with Gasteiger partial charge in [-0.3, -0.25) is 24.5 Å². The second-order valence-corrected chi connectivity index (χ2v) is 10.0. The topological polar surface area (TPSA) is 111 Å². The highest BCUT2D eigenvalue weighted by atomic mass is 16.2. The lowest BCUT2D eigenvalue weighted by atomic mass is 9.85.